The molecule has 1 amide bonds. The molecule has 0 saturated heterocycles. The highest BCUT2D eigenvalue weighted by Crippen LogP contribution is 2.27. The van der Waals surface area contributed by atoms with Crippen LogP contribution in [-0.4, -0.2) is 20.7 Å². The Morgan fingerprint density at radius 3 is 2.07 bits per heavy atom. The maximum absolute atomic E-state index is 13.4. The molecule has 0 radical (unpaired) electrons. The number of benzene rings is 2. The van der Waals surface area contributed by atoms with E-state index in [9.17, 15) is 4.79 Å². The number of hydrogen-bond acceptors (Lipinski definition) is 3. The van der Waals surface area contributed by atoms with Crippen molar-refractivity contribution in [3.63, 3.8) is 0 Å². The van der Waals surface area contributed by atoms with E-state index in [1.54, 1.807) is 17.1 Å². The first kappa shape index (κ1) is 19.6. The second-order valence-corrected chi connectivity index (χ2v) is 7.27. The molecule has 4 rings (SSSR count). The van der Waals surface area contributed by atoms with Crippen LogP contribution in [0.5, 0.6) is 0 Å². The van der Waals surface area contributed by atoms with Crippen LogP contribution in [0.3, 0.4) is 0 Å². The Morgan fingerprint density at radius 2 is 1.50 bits per heavy atom. The molecule has 5 nitrogen and oxygen atoms in total. The number of nitrogens with zero attached hydrogens (tertiary/aromatic N) is 3. The van der Waals surface area contributed by atoms with Gasteiger partial charge in [0.2, 0.25) is 5.91 Å². The number of nitrogens with one attached hydrogen (secondary N) is 1. The highest BCUT2D eigenvalue weighted by Gasteiger charge is 2.25. The minimum absolute atomic E-state index is 0.0371. The third kappa shape index (κ3) is 4.01. The van der Waals surface area contributed by atoms with Gasteiger partial charge in [0.05, 0.1) is 18.2 Å². The molecule has 0 aliphatic carbocycles. The van der Waals surface area contributed by atoms with E-state index < -0.39 is 0 Å². The van der Waals surface area contributed by atoms with Gasteiger partial charge in [0, 0.05) is 17.5 Å². The molecule has 150 valence electrons. The SMILES string of the molecule is Cc1c([C@@H](C)NC(=O)C(c2ccccc2)c2ccccc2)cnn1-c1ccccn1. The average molecular weight is 396 g/mol. The summed E-state index contributed by atoms with van der Waals surface area (Å²) in [7, 11) is 0. The first-order chi connectivity index (χ1) is 14.6. The Hall–Kier alpha value is -3.73. The van der Waals surface area contributed by atoms with Crippen molar-refractivity contribution in [2.24, 2.45) is 0 Å². The van der Waals surface area contributed by atoms with Gasteiger partial charge in [-0.1, -0.05) is 66.7 Å². The molecule has 0 saturated carbocycles. The number of rotatable bonds is 6. The van der Waals surface area contributed by atoms with Crippen LogP contribution in [0.4, 0.5) is 0 Å². The maximum Gasteiger partial charge on any atom is 0.232 e. The van der Waals surface area contributed by atoms with E-state index in [1.807, 2.05) is 92.7 Å². The largest absolute Gasteiger partial charge is 0.349 e. The number of carbonyl (C=O) groups is 1. The van der Waals surface area contributed by atoms with Gasteiger partial charge >= 0.3 is 0 Å². The number of carbonyl (C=O) groups excluding carboxylic acids is 1. The number of hydrogen-bond donors (Lipinski definition) is 1. The summed E-state index contributed by atoms with van der Waals surface area (Å²) in [6.07, 6.45) is 3.54. The van der Waals surface area contributed by atoms with Gasteiger partial charge in [0.25, 0.3) is 0 Å². The number of pyridine rings is 1. The fraction of sp³-hybridized carbons (Fsp3) is 0.160. The normalized spacial score (nSPS) is 12.0. The van der Waals surface area contributed by atoms with Crippen molar-refractivity contribution in [2.75, 3.05) is 0 Å². The summed E-state index contributed by atoms with van der Waals surface area (Å²) in [5.41, 5.74) is 3.86. The third-order valence-corrected chi connectivity index (χ3v) is 5.27. The lowest BCUT2D eigenvalue weighted by molar-refractivity contribution is -0.122. The van der Waals surface area contributed by atoms with Crippen molar-refractivity contribution in [3.8, 4) is 5.82 Å². The van der Waals surface area contributed by atoms with E-state index in [0.717, 1.165) is 28.2 Å². The Morgan fingerprint density at radius 1 is 0.900 bits per heavy atom. The summed E-state index contributed by atoms with van der Waals surface area (Å²) in [4.78, 5) is 17.7. The molecule has 0 aliphatic rings. The molecular formula is C25H24N4O. The van der Waals surface area contributed by atoms with Crippen molar-refractivity contribution in [1.29, 1.82) is 0 Å². The average Bonchev–Trinajstić information content (AvgIpc) is 3.17. The van der Waals surface area contributed by atoms with E-state index in [0.29, 0.717) is 0 Å². The molecule has 0 aliphatic heterocycles. The van der Waals surface area contributed by atoms with Crippen LogP contribution in [0.25, 0.3) is 5.82 Å². The van der Waals surface area contributed by atoms with Crippen molar-refractivity contribution < 1.29 is 4.79 Å². The van der Waals surface area contributed by atoms with Gasteiger partial charge in [-0.05, 0) is 37.1 Å². The predicted molar refractivity (Wildman–Crippen MR) is 117 cm³/mol. The Kier molecular flexibility index (Phi) is 5.70. The summed E-state index contributed by atoms with van der Waals surface area (Å²) in [6, 6.07) is 25.3. The molecule has 5 heteroatoms. The van der Waals surface area contributed by atoms with Gasteiger partial charge in [-0.25, -0.2) is 9.67 Å². The van der Waals surface area contributed by atoms with Gasteiger partial charge in [0.1, 0.15) is 0 Å². The van der Waals surface area contributed by atoms with Crippen molar-refractivity contribution in [1.82, 2.24) is 20.1 Å². The zero-order valence-electron chi connectivity index (χ0n) is 17.1. The summed E-state index contributed by atoms with van der Waals surface area (Å²) in [6.45, 7) is 3.98. The molecule has 0 bridgehead atoms. The number of aromatic nitrogens is 3. The lowest BCUT2D eigenvalue weighted by Gasteiger charge is -2.21. The van der Waals surface area contributed by atoms with Crippen molar-refractivity contribution >= 4 is 5.91 Å². The van der Waals surface area contributed by atoms with E-state index in [4.69, 9.17) is 0 Å². The Balaban J connectivity index is 1.60. The van der Waals surface area contributed by atoms with Gasteiger partial charge in [-0.15, -0.1) is 0 Å². The molecule has 0 unspecified atom stereocenters. The molecule has 1 N–H and O–H groups in total. The summed E-state index contributed by atoms with van der Waals surface area (Å²) < 4.78 is 1.80. The maximum atomic E-state index is 13.4. The first-order valence-electron chi connectivity index (χ1n) is 10.0. The van der Waals surface area contributed by atoms with E-state index in [2.05, 4.69) is 15.4 Å². The molecule has 4 aromatic rings. The lowest BCUT2D eigenvalue weighted by Crippen LogP contribution is -2.32. The fourth-order valence-corrected chi connectivity index (χ4v) is 3.72. The van der Waals surface area contributed by atoms with E-state index in [-0.39, 0.29) is 17.9 Å². The second-order valence-electron chi connectivity index (χ2n) is 7.27. The van der Waals surface area contributed by atoms with Crippen LogP contribution in [-0.2, 0) is 4.79 Å². The summed E-state index contributed by atoms with van der Waals surface area (Å²) >= 11 is 0. The van der Waals surface area contributed by atoms with E-state index in [1.165, 1.54) is 0 Å². The first-order valence-corrected chi connectivity index (χ1v) is 10.0. The Bertz CT molecular complexity index is 1070. The van der Waals surface area contributed by atoms with Crippen LogP contribution in [0.1, 0.15) is 41.3 Å². The molecule has 1 atom stereocenters. The summed E-state index contributed by atoms with van der Waals surface area (Å²) in [5, 5.41) is 7.66. The van der Waals surface area contributed by atoms with Gasteiger partial charge < -0.3 is 5.32 Å². The molecule has 2 aromatic carbocycles. The van der Waals surface area contributed by atoms with Crippen LogP contribution >= 0.6 is 0 Å². The smallest absolute Gasteiger partial charge is 0.232 e. The highest BCUT2D eigenvalue weighted by molar-refractivity contribution is 5.87. The molecule has 0 fully saturated rings. The topological polar surface area (TPSA) is 59.8 Å². The lowest BCUT2D eigenvalue weighted by atomic mass is 9.90. The standard InChI is InChI=1S/C25H24N4O/c1-18(22-17-27-29(19(22)2)23-15-9-10-16-26-23)28-25(30)24(20-11-5-3-6-12-20)21-13-7-4-8-14-21/h3-18,24H,1-2H3,(H,28,30)/t18-/m1/s1. The Labute approximate surface area is 176 Å². The zero-order valence-corrected chi connectivity index (χ0v) is 17.1. The zero-order chi connectivity index (χ0) is 20.9. The molecule has 2 aromatic heterocycles. The van der Waals surface area contributed by atoms with Gasteiger partial charge in [-0.2, -0.15) is 5.10 Å². The fourth-order valence-electron chi connectivity index (χ4n) is 3.72. The minimum atomic E-state index is -0.374. The second kappa shape index (κ2) is 8.74. The van der Waals surface area contributed by atoms with Gasteiger partial charge in [0.15, 0.2) is 5.82 Å². The van der Waals surface area contributed by atoms with Crippen LogP contribution in [0.15, 0.2) is 91.3 Å². The van der Waals surface area contributed by atoms with Crippen molar-refractivity contribution in [3.05, 3.63) is 114 Å². The monoisotopic (exact) mass is 396 g/mol. The molecule has 30 heavy (non-hydrogen) atoms. The molecule has 2 heterocycles. The van der Waals surface area contributed by atoms with Crippen LogP contribution in [0, 0.1) is 6.92 Å². The quantitative estimate of drug-likeness (QED) is 0.519. The van der Waals surface area contributed by atoms with Crippen molar-refractivity contribution in [2.45, 2.75) is 25.8 Å². The number of amides is 1. The van der Waals surface area contributed by atoms with Gasteiger partial charge in [-0.3, -0.25) is 4.79 Å². The van der Waals surface area contributed by atoms with Crippen LogP contribution in [0.2, 0.25) is 0 Å². The third-order valence-electron chi connectivity index (χ3n) is 5.27. The summed E-state index contributed by atoms with van der Waals surface area (Å²) in [5.74, 6) is 0.345. The molecular weight excluding hydrogens is 372 g/mol. The predicted octanol–water partition coefficient (Wildman–Crippen LogP) is 4.59. The van der Waals surface area contributed by atoms with Crippen LogP contribution < -0.4 is 5.32 Å². The highest BCUT2D eigenvalue weighted by atomic mass is 16.1. The minimum Gasteiger partial charge on any atom is -0.349 e. The molecule has 0 spiro atoms. The van der Waals surface area contributed by atoms with E-state index >= 15 is 0 Å².